The molecular weight excluding hydrogens is 272 g/mol. The second-order valence-electron chi connectivity index (χ2n) is 6.34. The number of rotatable bonds is 7. The van der Waals surface area contributed by atoms with Crippen molar-refractivity contribution in [2.45, 2.75) is 39.8 Å². The minimum atomic E-state index is -0.332. The number of benzene rings is 1. The first kappa shape index (κ1) is 17.3. The van der Waals surface area contributed by atoms with E-state index in [9.17, 15) is 5.11 Å². The molecule has 0 amide bonds. The molecule has 4 heteroatoms. The molecule has 0 aliphatic heterocycles. The van der Waals surface area contributed by atoms with Crippen molar-refractivity contribution in [1.29, 1.82) is 0 Å². The maximum absolute atomic E-state index is 9.44. The van der Waals surface area contributed by atoms with E-state index in [0.29, 0.717) is 5.92 Å². The van der Waals surface area contributed by atoms with Gasteiger partial charge in [0.05, 0.1) is 22.9 Å². The average Bonchev–Trinajstić information content (AvgIpc) is 2.37. The zero-order valence-electron chi connectivity index (χ0n) is 13.2. The Morgan fingerprint density at radius 1 is 1.35 bits per heavy atom. The van der Waals surface area contributed by atoms with E-state index in [-0.39, 0.29) is 12.1 Å². The van der Waals surface area contributed by atoms with Gasteiger partial charge in [0, 0.05) is 13.6 Å². The molecule has 0 bridgehead atoms. The van der Waals surface area contributed by atoms with Crippen molar-refractivity contribution in [2.75, 3.05) is 25.1 Å². The Morgan fingerprint density at radius 3 is 2.50 bits per heavy atom. The summed E-state index contributed by atoms with van der Waals surface area (Å²) in [4.78, 5) is 2.01. The fourth-order valence-corrected chi connectivity index (χ4v) is 2.20. The van der Waals surface area contributed by atoms with E-state index in [0.717, 1.165) is 23.8 Å². The normalized spacial score (nSPS) is 12.0. The van der Waals surface area contributed by atoms with Crippen LogP contribution in [-0.4, -0.2) is 30.8 Å². The molecule has 0 radical (unpaired) electrons. The van der Waals surface area contributed by atoms with Crippen molar-refractivity contribution < 1.29 is 5.11 Å². The lowest BCUT2D eigenvalue weighted by molar-refractivity contribution is 0.216. The number of nitrogens with one attached hydrogen (secondary N) is 1. The summed E-state index contributed by atoms with van der Waals surface area (Å²) in [5, 5.41) is 13.6. The monoisotopic (exact) mass is 298 g/mol. The zero-order valence-corrected chi connectivity index (χ0v) is 14.0. The van der Waals surface area contributed by atoms with Crippen LogP contribution in [-0.2, 0) is 6.54 Å². The van der Waals surface area contributed by atoms with Crippen LogP contribution < -0.4 is 10.2 Å². The highest BCUT2D eigenvalue weighted by Crippen LogP contribution is 2.30. The van der Waals surface area contributed by atoms with Gasteiger partial charge in [-0.05, 0) is 44.0 Å². The SMILES string of the molecule is CC(C)CNCc1ccc(N(C)C(C)(C)CO)c(Cl)c1. The van der Waals surface area contributed by atoms with Gasteiger partial charge in [0.25, 0.3) is 0 Å². The Bertz CT molecular complexity index is 432. The number of halogens is 1. The van der Waals surface area contributed by atoms with E-state index in [1.165, 1.54) is 5.56 Å². The van der Waals surface area contributed by atoms with Crippen LogP contribution in [0.1, 0.15) is 33.3 Å². The number of aliphatic hydroxyl groups is 1. The Morgan fingerprint density at radius 2 is 2.00 bits per heavy atom. The lowest BCUT2D eigenvalue weighted by Gasteiger charge is -2.36. The lowest BCUT2D eigenvalue weighted by atomic mass is 10.0. The summed E-state index contributed by atoms with van der Waals surface area (Å²) in [6, 6.07) is 6.10. The molecule has 0 heterocycles. The van der Waals surface area contributed by atoms with Crippen molar-refractivity contribution in [3.8, 4) is 0 Å². The first-order chi connectivity index (χ1) is 9.27. The number of anilines is 1. The van der Waals surface area contributed by atoms with Crippen molar-refractivity contribution in [2.24, 2.45) is 5.92 Å². The predicted octanol–water partition coefficient (Wildman–Crippen LogP) is 3.29. The molecule has 0 atom stereocenters. The predicted molar refractivity (Wildman–Crippen MR) is 87.6 cm³/mol. The third-order valence-electron chi connectivity index (χ3n) is 3.55. The van der Waals surface area contributed by atoms with Gasteiger partial charge in [0.2, 0.25) is 0 Å². The van der Waals surface area contributed by atoms with Gasteiger partial charge < -0.3 is 15.3 Å². The van der Waals surface area contributed by atoms with Crippen molar-refractivity contribution in [1.82, 2.24) is 5.32 Å². The second kappa shape index (κ2) is 7.30. The summed E-state index contributed by atoms with van der Waals surface area (Å²) < 4.78 is 0. The third kappa shape index (κ3) is 4.65. The molecule has 1 rings (SSSR count). The van der Waals surface area contributed by atoms with Gasteiger partial charge in [-0.1, -0.05) is 31.5 Å². The van der Waals surface area contributed by atoms with Crippen LogP contribution in [0.3, 0.4) is 0 Å². The van der Waals surface area contributed by atoms with Gasteiger partial charge in [-0.2, -0.15) is 0 Å². The molecule has 0 saturated carbocycles. The summed E-state index contributed by atoms with van der Waals surface area (Å²) >= 11 is 6.38. The van der Waals surface area contributed by atoms with Gasteiger partial charge in [0.15, 0.2) is 0 Å². The van der Waals surface area contributed by atoms with Crippen LogP contribution in [0.2, 0.25) is 5.02 Å². The topological polar surface area (TPSA) is 35.5 Å². The number of hydrogen-bond donors (Lipinski definition) is 2. The first-order valence-electron chi connectivity index (χ1n) is 7.11. The highest BCUT2D eigenvalue weighted by atomic mass is 35.5. The van der Waals surface area contributed by atoms with E-state index < -0.39 is 0 Å². The quantitative estimate of drug-likeness (QED) is 0.811. The minimum Gasteiger partial charge on any atom is -0.394 e. The Hall–Kier alpha value is -0.770. The summed E-state index contributed by atoms with van der Waals surface area (Å²) in [5.41, 5.74) is 1.79. The minimum absolute atomic E-state index is 0.0809. The highest BCUT2D eigenvalue weighted by molar-refractivity contribution is 6.33. The van der Waals surface area contributed by atoms with E-state index >= 15 is 0 Å². The van der Waals surface area contributed by atoms with Gasteiger partial charge in [-0.15, -0.1) is 0 Å². The Kier molecular flexibility index (Phi) is 6.31. The fourth-order valence-electron chi connectivity index (χ4n) is 1.87. The first-order valence-corrected chi connectivity index (χ1v) is 7.49. The van der Waals surface area contributed by atoms with Crippen LogP contribution in [0.15, 0.2) is 18.2 Å². The van der Waals surface area contributed by atoms with Gasteiger partial charge in [0.1, 0.15) is 0 Å². The largest absolute Gasteiger partial charge is 0.394 e. The standard InChI is InChI=1S/C16H27ClN2O/c1-12(2)9-18-10-13-6-7-15(14(17)8-13)19(5)16(3,4)11-20/h6-8,12,18,20H,9-11H2,1-5H3. The van der Waals surface area contributed by atoms with Crippen LogP contribution in [0.4, 0.5) is 5.69 Å². The van der Waals surface area contributed by atoms with Crippen LogP contribution in [0.5, 0.6) is 0 Å². The van der Waals surface area contributed by atoms with Gasteiger partial charge in [-0.25, -0.2) is 0 Å². The molecule has 20 heavy (non-hydrogen) atoms. The number of aliphatic hydroxyl groups excluding tert-OH is 1. The molecule has 1 aromatic rings. The molecule has 0 aliphatic carbocycles. The molecular formula is C16H27ClN2O. The van der Waals surface area contributed by atoms with Crippen LogP contribution in [0, 0.1) is 5.92 Å². The second-order valence-corrected chi connectivity index (χ2v) is 6.75. The Labute approximate surface area is 127 Å². The third-order valence-corrected chi connectivity index (χ3v) is 3.85. The molecule has 0 saturated heterocycles. The molecule has 0 unspecified atom stereocenters. The Balaban J connectivity index is 2.78. The summed E-state index contributed by atoms with van der Waals surface area (Å²) in [6.07, 6.45) is 0. The van der Waals surface area contributed by atoms with Gasteiger partial charge in [-0.3, -0.25) is 0 Å². The van der Waals surface area contributed by atoms with Crippen LogP contribution in [0.25, 0.3) is 0 Å². The van der Waals surface area contributed by atoms with Gasteiger partial charge >= 0.3 is 0 Å². The summed E-state index contributed by atoms with van der Waals surface area (Å²) in [6.45, 7) is 10.3. The summed E-state index contributed by atoms with van der Waals surface area (Å²) in [7, 11) is 1.95. The molecule has 1 aromatic carbocycles. The number of hydrogen-bond acceptors (Lipinski definition) is 3. The van der Waals surface area contributed by atoms with Crippen molar-refractivity contribution >= 4 is 17.3 Å². The molecule has 0 aromatic heterocycles. The van der Waals surface area contributed by atoms with E-state index in [1.807, 2.05) is 37.9 Å². The van der Waals surface area contributed by atoms with E-state index in [1.54, 1.807) is 0 Å². The smallest absolute Gasteiger partial charge is 0.0658 e. The fraction of sp³-hybridized carbons (Fsp3) is 0.625. The molecule has 0 aliphatic rings. The van der Waals surface area contributed by atoms with Crippen molar-refractivity contribution in [3.05, 3.63) is 28.8 Å². The molecule has 0 fully saturated rings. The maximum Gasteiger partial charge on any atom is 0.0658 e. The van der Waals surface area contributed by atoms with Crippen molar-refractivity contribution in [3.63, 3.8) is 0 Å². The average molecular weight is 299 g/mol. The number of likely N-dealkylation sites (N-methyl/N-ethyl adjacent to an activating group) is 1. The summed E-state index contributed by atoms with van der Waals surface area (Å²) in [5.74, 6) is 0.640. The molecule has 2 N–H and O–H groups in total. The zero-order chi connectivity index (χ0) is 15.3. The van der Waals surface area contributed by atoms with E-state index in [2.05, 4.69) is 25.2 Å². The number of nitrogens with zero attached hydrogens (tertiary/aromatic N) is 1. The van der Waals surface area contributed by atoms with E-state index in [4.69, 9.17) is 11.6 Å². The maximum atomic E-state index is 9.44. The molecule has 3 nitrogen and oxygen atoms in total. The highest BCUT2D eigenvalue weighted by Gasteiger charge is 2.24. The van der Waals surface area contributed by atoms with Crippen LogP contribution >= 0.6 is 11.6 Å². The molecule has 0 spiro atoms. The molecule has 114 valence electrons. The lowest BCUT2D eigenvalue weighted by Crippen LogP contribution is -2.44.